The van der Waals surface area contributed by atoms with Gasteiger partial charge in [-0.25, -0.2) is 0 Å². The van der Waals surface area contributed by atoms with Crippen LogP contribution in [0.15, 0.2) is 35.4 Å². The number of hydrogen-bond acceptors (Lipinski definition) is 3. The molecule has 0 aliphatic carbocycles. The zero-order valence-electron chi connectivity index (χ0n) is 14.5. The van der Waals surface area contributed by atoms with Crippen LogP contribution < -0.4 is 5.73 Å². The highest BCUT2D eigenvalue weighted by atomic mass is 32.2. The molecule has 0 saturated heterocycles. The molecule has 0 aliphatic rings. The fraction of sp³-hybridized carbons (Fsp3) is 0.500. The molecule has 2 nitrogen and oxygen atoms in total. The minimum atomic E-state index is 0.213. The molecule has 0 unspecified atom stereocenters. The molecule has 2 rings (SSSR count). The topological polar surface area (TPSA) is 38.9 Å². The summed E-state index contributed by atoms with van der Waals surface area (Å²) >= 11 is 1.84. The SMILES string of the molecule is CC.CC(C)(C)Sc1ccc2nccc(N)c2c1.CCC. The van der Waals surface area contributed by atoms with Gasteiger partial charge in [-0.3, -0.25) is 4.98 Å². The molecule has 0 atom stereocenters. The lowest BCUT2D eigenvalue weighted by molar-refractivity contribution is 0.803. The Kier molecular flexibility index (Phi) is 9.11. The van der Waals surface area contributed by atoms with E-state index in [1.54, 1.807) is 6.20 Å². The van der Waals surface area contributed by atoms with Gasteiger partial charge >= 0.3 is 0 Å². The number of thioether (sulfide) groups is 1. The van der Waals surface area contributed by atoms with Crippen LogP contribution in [0.2, 0.25) is 0 Å². The standard InChI is InChI=1S/C13H16N2S.C3H8.C2H6/c1-13(2,3)16-9-4-5-12-10(8-9)11(14)6-7-15-12;1-3-2;1-2/h4-8H,1-3H3,(H2,14,15);3H2,1-2H3;1-2H3. The third-order valence-corrected chi connectivity index (χ3v) is 3.27. The molecule has 0 bridgehead atoms. The Hall–Kier alpha value is -1.22. The molecule has 1 aromatic carbocycles. The molecule has 1 heterocycles. The zero-order valence-corrected chi connectivity index (χ0v) is 15.3. The number of nitrogens with two attached hydrogens (primary N) is 1. The van der Waals surface area contributed by atoms with Crippen LogP contribution in [-0.2, 0) is 0 Å². The summed E-state index contributed by atoms with van der Waals surface area (Å²) in [5.41, 5.74) is 7.69. The number of aromatic nitrogens is 1. The predicted molar refractivity (Wildman–Crippen MR) is 99.1 cm³/mol. The predicted octanol–water partition coefficient (Wildman–Crippen LogP) is 6.15. The highest BCUT2D eigenvalue weighted by Crippen LogP contribution is 2.34. The number of fused-ring (bicyclic) bond motifs is 1. The molecular formula is C18H30N2S. The zero-order chi connectivity index (χ0) is 16.5. The van der Waals surface area contributed by atoms with Crippen molar-refractivity contribution in [2.24, 2.45) is 0 Å². The quantitative estimate of drug-likeness (QED) is 0.642. The van der Waals surface area contributed by atoms with Crippen LogP contribution in [0.4, 0.5) is 5.69 Å². The molecule has 3 heteroatoms. The summed E-state index contributed by atoms with van der Waals surface area (Å²) in [5.74, 6) is 0. The van der Waals surface area contributed by atoms with Crippen molar-refractivity contribution in [2.75, 3.05) is 5.73 Å². The van der Waals surface area contributed by atoms with Gasteiger partial charge < -0.3 is 5.73 Å². The van der Waals surface area contributed by atoms with Crippen LogP contribution in [0, 0.1) is 0 Å². The third-order valence-electron chi connectivity index (χ3n) is 2.17. The summed E-state index contributed by atoms with van der Waals surface area (Å²) in [7, 11) is 0. The smallest absolute Gasteiger partial charge is 0.0723 e. The highest BCUT2D eigenvalue weighted by Gasteiger charge is 2.12. The minimum Gasteiger partial charge on any atom is -0.398 e. The largest absolute Gasteiger partial charge is 0.398 e. The van der Waals surface area contributed by atoms with Crippen molar-refractivity contribution in [1.29, 1.82) is 0 Å². The highest BCUT2D eigenvalue weighted by molar-refractivity contribution is 8.00. The monoisotopic (exact) mass is 306 g/mol. The van der Waals surface area contributed by atoms with Gasteiger partial charge in [0.1, 0.15) is 0 Å². The number of benzene rings is 1. The van der Waals surface area contributed by atoms with E-state index >= 15 is 0 Å². The second kappa shape index (κ2) is 9.67. The number of nitrogens with zero attached hydrogens (tertiary/aromatic N) is 1. The first-order valence-electron chi connectivity index (χ1n) is 7.70. The maximum atomic E-state index is 5.94. The summed E-state index contributed by atoms with van der Waals surface area (Å²) in [6.07, 6.45) is 2.99. The van der Waals surface area contributed by atoms with Gasteiger partial charge in [0.25, 0.3) is 0 Å². The van der Waals surface area contributed by atoms with Crippen LogP contribution in [0.5, 0.6) is 0 Å². The van der Waals surface area contributed by atoms with Crippen molar-refractivity contribution in [3.8, 4) is 0 Å². The summed E-state index contributed by atoms with van der Waals surface area (Å²) in [5, 5.41) is 1.04. The fourth-order valence-electron chi connectivity index (χ4n) is 1.56. The fourth-order valence-corrected chi connectivity index (χ4v) is 2.58. The lowest BCUT2D eigenvalue weighted by Gasteiger charge is -2.17. The van der Waals surface area contributed by atoms with E-state index in [9.17, 15) is 0 Å². The van der Waals surface area contributed by atoms with Gasteiger partial charge in [0.15, 0.2) is 0 Å². The first-order valence-corrected chi connectivity index (χ1v) is 8.52. The number of pyridine rings is 1. The van der Waals surface area contributed by atoms with Gasteiger partial charge in [0, 0.05) is 26.9 Å². The van der Waals surface area contributed by atoms with Crippen LogP contribution in [0.25, 0.3) is 10.9 Å². The molecule has 21 heavy (non-hydrogen) atoms. The van der Waals surface area contributed by atoms with Gasteiger partial charge in [-0.2, -0.15) is 0 Å². The molecule has 0 spiro atoms. The molecule has 1 aromatic heterocycles. The summed E-state index contributed by atoms with van der Waals surface area (Å²) in [6, 6.07) is 8.09. The van der Waals surface area contributed by atoms with Crippen LogP contribution >= 0.6 is 11.8 Å². The second-order valence-corrected chi connectivity index (χ2v) is 7.40. The summed E-state index contributed by atoms with van der Waals surface area (Å²) in [4.78, 5) is 5.53. The summed E-state index contributed by atoms with van der Waals surface area (Å²) < 4.78 is 0.213. The van der Waals surface area contributed by atoms with Crippen molar-refractivity contribution < 1.29 is 0 Å². The Balaban J connectivity index is 0.000000713. The maximum Gasteiger partial charge on any atom is 0.0723 e. The van der Waals surface area contributed by atoms with Crippen molar-refractivity contribution in [1.82, 2.24) is 4.98 Å². The Morgan fingerprint density at radius 2 is 1.67 bits per heavy atom. The molecule has 0 amide bonds. The molecule has 0 radical (unpaired) electrons. The van der Waals surface area contributed by atoms with E-state index in [2.05, 4.69) is 51.7 Å². The minimum absolute atomic E-state index is 0.213. The van der Waals surface area contributed by atoms with Gasteiger partial charge in [0.05, 0.1) is 5.52 Å². The van der Waals surface area contributed by atoms with E-state index < -0.39 is 0 Å². The molecule has 0 fully saturated rings. The number of nitrogen functional groups attached to an aromatic ring is 1. The van der Waals surface area contributed by atoms with Gasteiger partial charge in [-0.1, -0.05) is 54.9 Å². The average Bonchev–Trinajstić information content (AvgIpc) is 2.41. The number of hydrogen-bond donors (Lipinski definition) is 1. The maximum absolute atomic E-state index is 5.94. The van der Waals surface area contributed by atoms with E-state index in [0.29, 0.717) is 0 Å². The van der Waals surface area contributed by atoms with Crippen molar-refractivity contribution in [3.63, 3.8) is 0 Å². The molecule has 2 N–H and O–H groups in total. The van der Waals surface area contributed by atoms with Crippen molar-refractivity contribution in [2.45, 2.75) is 64.5 Å². The van der Waals surface area contributed by atoms with Gasteiger partial charge in [-0.15, -0.1) is 11.8 Å². The van der Waals surface area contributed by atoms with Crippen LogP contribution in [-0.4, -0.2) is 9.73 Å². The lowest BCUT2D eigenvalue weighted by atomic mass is 10.2. The first-order chi connectivity index (χ1) is 9.87. The van der Waals surface area contributed by atoms with Crippen LogP contribution in [0.3, 0.4) is 0 Å². The van der Waals surface area contributed by atoms with Crippen molar-refractivity contribution in [3.05, 3.63) is 30.5 Å². The third kappa shape index (κ3) is 7.37. The average molecular weight is 307 g/mol. The Bertz CT molecular complexity index is 530. The molecule has 0 aliphatic heterocycles. The van der Waals surface area contributed by atoms with E-state index in [0.717, 1.165) is 16.6 Å². The summed E-state index contributed by atoms with van der Waals surface area (Å²) in [6.45, 7) is 14.9. The normalized spacial score (nSPS) is 10.2. The number of anilines is 1. The first kappa shape index (κ1) is 19.8. The molecule has 118 valence electrons. The molecular weight excluding hydrogens is 276 g/mol. The molecule has 2 aromatic rings. The van der Waals surface area contributed by atoms with E-state index in [-0.39, 0.29) is 4.75 Å². The van der Waals surface area contributed by atoms with E-state index in [4.69, 9.17) is 5.73 Å². The van der Waals surface area contributed by atoms with Gasteiger partial charge in [-0.05, 0) is 24.3 Å². The van der Waals surface area contributed by atoms with Gasteiger partial charge in [0.2, 0.25) is 0 Å². The van der Waals surface area contributed by atoms with Crippen LogP contribution in [0.1, 0.15) is 54.9 Å². The van der Waals surface area contributed by atoms with Crippen molar-refractivity contribution >= 4 is 28.4 Å². The second-order valence-electron chi connectivity index (χ2n) is 5.50. The lowest BCUT2D eigenvalue weighted by Crippen LogP contribution is -2.06. The Labute approximate surface area is 134 Å². The van der Waals surface area contributed by atoms with E-state index in [1.807, 2.05) is 37.7 Å². The number of rotatable bonds is 1. The molecule has 0 saturated carbocycles. The van der Waals surface area contributed by atoms with E-state index in [1.165, 1.54) is 11.3 Å². The Morgan fingerprint density at radius 3 is 2.19 bits per heavy atom. The Morgan fingerprint density at radius 1 is 1.10 bits per heavy atom.